The molecule has 0 aliphatic heterocycles. The summed E-state index contributed by atoms with van der Waals surface area (Å²) in [5.41, 5.74) is 7.76. The van der Waals surface area contributed by atoms with E-state index in [1.807, 2.05) is 34.9 Å². The first kappa shape index (κ1) is 12.7. The Morgan fingerprint density at radius 1 is 1.25 bits per heavy atom. The smallest absolute Gasteiger partial charge is 0.180 e. The molecule has 3 rings (SSSR count). The van der Waals surface area contributed by atoms with Gasteiger partial charge >= 0.3 is 0 Å². The summed E-state index contributed by atoms with van der Waals surface area (Å²) in [5, 5.41) is 4.02. The Bertz CT molecular complexity index is 720. The quantitative estimate of drug-likeness (QED) is 0.774. The molecule has 20 heavy (non-hydrogen) atoms. The third kappa shape index (κ3) is 2.67. The molecule has 3 N–H and O–H groups in total. The van der Waals surface area contributed by atoms with Crippen LogP contribution in [-0.4, -0.2) is 20.9 Å². The number of rotatable bonds is 4. The monoisotopic (exact) mass is 287 g/mol. The molecule has 0 amide bonds. The van der Waals surface area contributed by atoms with E-state index in [1.165, 1.54) is 5.56 Å². The van der Waals surface area contributed by atoms with Gasteiger partial charge in [0.25, 0.3) is 0 Å². The van der Waals surface area contributed by atoms with Crippen molar-refractivity contribution in [3.63, 3.8) is 0 Å². The first-order valence-electron chi connectivity index (χ1n) is 6.30. The molecule has 0 radical (unpaired) electrons. The van der Waals surface area contributed by atoms with Crippen molar-refractivity contribution in [2.75, 3.05) is 17.6 Å². The number of hydrogen-bond acceptors (Lipinski definition) is 4. The molecule has 0 aliphatic carbocycles. The van der Waals surface area contributed by atoms with Gasteiger partial charge in [-0.1, -0.05) is 23.7 Å². The van der Waals surface area contributed by atoms with Gasteiger partial charge in [-0.25, -0.2) is 9.97 Å². The van der Waals surface area contributed by atoms with E-state index in [-0.39, 0.29) is 0 Å². The number of nitrogens with one attached hydrogen (secondary N) is 1. The van der Waals surface area contributed by atoms with Crippen molar-refractivity contribution in [3.8, 4) is 0 Å². The standard InChI is InChI=1S/C14H14ClN5/c15-11-3-1-10(2-4-11)5-6-17-13-14-18-7-8-20(14)9-12(16)19-13/h1-4,7-9H,5-6,16H2,(H,17,19). The summed E-state index contributed by atoms with van der Waals surface area (Å²) in [6.07, 6.45) is 6.19. The Morgan fingerprint density at radius 2 is 2.05 bits per heavy atom. The zero-order valence-corrected chi connectivity index (χ0v) is 11.5. The summed E-state index contributed by atoms with van der Waals surface area (Å²) >= 11 is 5.86. The Kier molecular flexibility index (Phi) is 3.43. The van der Waals surface area contributed by atoms with Gasteiger partial charge in [0, 0.05) is 24.0 Å². The average Bonchev–Trinajstić information content (AvgIpc) is 2.89. The first-order valence-corrected chi connectivity index (χ1v) is 6.68. The lowest BCUT2D eigenvalue weighted by molar-refractivity contribution is 1.000. The van der Waals surface area contributed by atoms with E-state index in [2.05, 4.69) is 15.3 Å². The lowest BCUT2D eigenvalue weighted by atomic mass is 10.1. The third-order valence-electron chi connectivity index (χ3n) is 3.01. The zero-order chi connectivity index (χ0) is 13.9. The molecule has 5 nitrogen and oxygen atoms in total. The van der Waals surface area contributed by atoms with Gasteiger partial charge in [0.05, 0.1) is 6.20 Å². The molecule has 0 saturated heterocycles. The van der Waals surface area contributed by atoms with Gasteiger partial charge in [-0.2, -0.15) is 0 Å². The van der Waals surface area contributed by atoms with E-state index in [0.717, 1.165) is 23.6 Å². The summed E-state index contributed by atoms with van der Waals surface area (Å²) in [5.74, 6) is 1.16. The van der Waals surface area contributed by atoms with Crippen molar-refractivity contribution in [2.45, 2.75) is 6.42 Å². The van der Waals surface area contributed by atoms with Gasteiger partial charge < -0.3 is 15.5 Å². The molecule has 0 spiro atoms. The van der Waals surface area contributed by atoms with Crippen molar-refractivity contribution >= 4 is 28.9 Å². The van der Waals surface area contributed by atoms with Crippen molar-refractivity contribution < 1.29 is 0 Å². The van der Waals surface area contributed by atoms with Crippen LogP contribution < -0.4 is 11.1 Å². The maximum absolute atomic E-state index is 5.86. The van der Waals surface area contributed by atoms with Crippen LogP contribution in [0.2, 0.25) is 5.02 Å². The lowest BCUT2D eigenvalue weighted by Gasteiger charge is -2.08. The van der Waals surface area contributed by atoms with Crippen molar-refractivity contribution in [3.05, 3.63) is 53.4 Å². The zero-order valence-electron chi connectivity index (χ0n) is 10.8. The topological polar surface area (TPSA) is 68.2 Å². The second-order valence-electron chi connectivity index (χ2n) is 4.48. The van der Waals surface area contributed by atoms with Crippen LogP contribution in [0.15, 0.2) is 42.9 Å². The molecular formula is C14H14ClN5. The number of hydrogen-bond donors (Lipinski definition) is 2. The lowest BCUT2D eigenvalue weighted by Crippen LogP contribution is -2.09. The molecule has 102 valence electrons. The molecular weight excluding hydrogens is 274 g/mol. The van der Waals surface area contributed by atoms with Crippen LogP contribution in [0.4, 0.5) is 11.6 Å². The van der Waals surface area contributed by atoms with E-state index in [0.29, 0.717) is 11.6 Å². The number of halogens is 1. The Hall–Kier alpha value is -2.27. The highest BCUT2D eigenvalue weighted by molar-refractivity contribution is 6.30. The van der Waals surface area contributed by atoms with Crippen LogP contribution in [0.1, 0.15) is 5.56 Å². The largest absolute Gasteiger partial charge is 0.382 e. The predicted octanol–water partition coefficient (Wildman–Crippen LogP) is 2.62. The minimum atomic E-state index is 0.462. The molecule has 0 saturated carbocycles. The molecule has 2 heterocycles. The maximum atomic E-state index is 5.86. The highest BCUT2D eigenvalue weighted by atomic mass is 35.5. The fourth-order valence-electron chi connectivity index (χ4n) is 2.05. The minimum Gasteiger partial charge on any atom is -0.382 e. The van der Waals surface area contributed by atoms with Crippen LogP contribution in [0.25, 0.3) is 5.65 Å². The van der Waals surface area contributed by atoms with Crippen molar-refractivity contribution in [2.24, 2.45) is 0 Å². The van der Waals surface area contributed by atoms with Crippen LogP contribution in [0.3, 0.4) is 0 Å². The van der Waals surface area contributed by atoms with Gasteiger partial charge in [-0.05, 0) is 24.1 Å². The van der Waals surface area contributed by atoms with Crippen LogP contribution in [0.5, 0.6) is 0 Å². The number of imidazole rings is 1. The second kappa shape index (κ2) is 5.38. The molecule has 2 aromatic heterocycles. The van der Waals surface area contributed by atoms with E-state index >= 15 is 0 Å². The summed E-state index contributed by atoms with van der Waals surface area (Å²) < 4.78 is 1.85. The number of aromatic nitrogens is 3. The highest BCUT2D eigenvalue weighted by Gasteiger charge is 2.05. The fraction of sp³-hybridized carbons (Fsp3) is 0.143. The van der Waals surface area contributed by atoms with Gasteiger partial charge in [0.15, 0.2) is 11.5 Å². The highest BCUT2D eigenvalue weighted by Crippen LogP contribution is 2.15. The minimum absolute atomic E-state index is 0.462. The predicted molar refractivity (Wildman–Crippen MR) is 81.0 cm³/mol. The van der Waals surface area contributed by atoms with Crippen LogP contribution in [0, 0.1) is 0 Å². The first-order chi connectivity index (χ1) is 9.72. The molecule has 0 fully saturated rings. The number of benzene rings is 1. The van der Waals surface area contributed by atoms with E-state index in [9.17, 15) is 0 Å². The van der Waals surface area contributed by atoms with Crippen molar-refractivity contribution in [1.82, 2.24) is 14.4 Å². The van der Waals surface area contributed by atoms with Gasteiger partial charge in [-0.3, -0.25) is 0 Å². The van der Waals surface area contributed by atoms with Gasteiger partial charge in [0.2, 0.25) is 0 Å². The number of nitrogens with two attached hydrogens (primary N) is 1. The Morgan fingerprint density at radius 3 is 2.85 bits per heavy atom. The normalized spacial score (nSPS) is 10.8. The van der Waals surface area contributed by atoms with E-state index < -0.39 is 0 Å². The molecule has 0 bridgehead atoms. The van der Waals surface area contributed by atoms with E-state index in [4.69, 9.17) is 17.3 Å². The summed E-state index contributed by atoms with van der Waals surface area (Å²) in [6, 6.07) is 7.81. The third-order valence-corrected chi connectivity index (χ3v) is 3.26. The number of nitrogens with zero attached hydrogens (tertiary/aromatic N) is 3. The van der Waals surface area contributed by atoms with E-state index in [1.54, 1.807) is 12.4 Å². The molecule has 3 aromatic rings. The maximum Gasteiger partial charge on any atom is 0.180 e. The molecule has 6 heteroatoms. The number of anilines is 2. The van der Waals surface area contributed by atoms with Gasteiger partial charge in [0.1, 0.15) is 5.82 Å². The fourth-order valence-corrected chi connectivity index (χ4v) is 2.17. The summed E-state index contributed by atoms with van der Waals surface area (Å²) in [7, 11) is 0. The SMILES string of the molecule is Nc1cn2ccnc2c(NCCc2ccc(Cl)cc2)n1. The van der Waals surface area contributed by atoms with Gasteiger partial charge in [-0.15, -0.1) is 0 Å². The number of nitrogen functional groups attached to an aromatic ring is 1. The van der Waals surface area contributed by atoms with Crippen LogP contribution >= 0.6 is 11.6 Å². The Labute approximate surface area is 121 Å². The molecule has 0 aliphatic rings. The molecule has 0 unspecified atom stereocenters. The van der Waals surface area contributed by atoms with Crippen molar-refractivity contribution in [1.29, 1.82) is 0 Å². The summed E-state index contributed by atoms with van der Waals surface area (Å²) in [6.45, 7) is 0.751. The number of fused-ring (bicyclic) bond motifs is 1. The Balaban J connectivity index is 1.70. The summed E-state index contributed by atoms with van der Waals surface area (Å²) in [4.78, 5) is 8.54. The second-order valence-corrected chi connectivity index (χ2v) is 4.91. The van der Waals surface area contributed by atoms with Crippen LogP contribution in [-0.2, 0) is 6.42 Å². The average molecular weight is 288 g/mol. The molecule has 0 atom stereocenters. The molecule has 1 aromatic carbocycles.